The van der Waals surface area contributed by atoms with Crippen molar-refractivity contribution in [1.82, 2.24) is 0 Å². The molecule has 0 radical (unpaired) electrons. The van der Waals surface area contributed by atoms with Crippen molar-refractivity contribution < 1.29 is 0 Å². The molecule has 0 N–H and O–H groups in total. The average Bonchev–Trinajstić information content (AvgIpc) is 2.57. The lowest BCUT2D eigenvalue weighted by Gasteiger charge is -1.95. The summed E-state index contributed by atoms with van der Waals surface area (Å²) in [5.41, 5.74) is 1.17. The van der Waals surface area contributed by atoms with Crippen molar-refractivity contribution in [2.24, 2.45) is 0 Å². The number of hydrogen-bond acceptors (Lipinski definition) is 2. The van der Waals surface area contributed by atoms with Crippen molar-refractivity contribution in [3.8, 4) is 6.07 Å². The lowest BCUT2D eigenvalue weighted by molar-refractivity contribution is 1.16. The summed E-state index contributed by atoms with van der Waals surface area (Å²) in [4.78, 5) is 0.842. The molecule has 0 amide bonds. The fraction of sp³-hybridized carbons (Fsp3) is 0.182. The van der Waals surface area contributed by atoms with Crippen molar-refractivity contribution in [3.05, 3.63) is 33.1 Å². The van der Waals surface area contributed by atoms with E-state index < -0.39 is 0 Å². The van der Waals surface area contributed by atoms with E-state index in [1.165, 1.54) is 15.6 Å². The molecule has 0 unspecified atom stereocenters. The molecular weight excluding hydrogens is 258 g/mol. The van der Waals surface area contributed by atoms with Crippen LogP contribution in [0.2, 0.25) is 0 Å². The average molecular weight is 266 g/mol. The summed E-state index contributed by atoms with van der Waals surface area (Å²) in [5.74, 6) is 0. The Morgan fingerprint density at radius 2 is 2.29 bits per heavy atom. The molecule has 0 aliphatic rings. The second-order valence-corrected chi connectivity index (χ2v) is 4.87. The molecule has 0 saturated carbocycles. The van der Waals surface area contributed by atoms with Crippen LogP contribution in [0.15, 0.2) is 22.7 Å². The van der Waals surface area contributed by atoms with E-state index in [0.29, 0.717) is 0 Å². The Kier molecular flexibility index (Phi) is 2.58. The number of rotatable bonds is 1. The van der Waals surface area contributed by atoms with Gasteiger partial charge in [0.05, 0.1) is 4.70 Å². The second kappa shape index (κ2) is 3.72. The third kappa shape index (κ3) is 1.35. The monoisotopic (exact) mass is 265 g/mol. The molecule has 1 nitrogen and oxygen atoms in total. The second-order valence-electron chi connectivity index (χ2n) is 2.99. The van der Waals surface area contributed by atoms with E-state index in [1.807, 2.05) is 12.1 Å². The largest absolute Gasteiger partial charge is 0.192 e. The standard InChI is InChI=1S/C11H8BrNS/c1-2-7-8-4-3-5-9(12)11(8)14-10(7)6-13/h3-5H,2H2,1H3. The SMILES string of the molecule is CCc1c(C#N)sc2c(Br)cccc12. The molecule has 0 spiro atoms. The van der Waals surface area contributed by atoms with Gasteiger partial charge in [-0.25, -0.2) is 0 Å². The molecule has 2 aromatic rings. The molecule has 1 aromatic heterocycles. The first kappa shape index (κ1) is 9.70. The Hall–Kier alpha value is -0.850. The summed E-state index contributed by atoms with van der Waals surface area (Å²) < 4.78 is 2.26. The molecule has 0 saturated heterocycles. The van der Waals surface area contributed by atoms with Crippen molar-refractivity contribution in [2.45, 2.75) is 13.3 Å². The molecule has 14 heavy (non-hydrogen) atoms. The number of aryl methyl sites for hydroxylation is 1. The van der Waals surface area contributed by atoms with Gasteiger partial charge in [-0.1, -0.05) is 19.1 Å². The zero-order chi connectivity index (χ0) is 10.1. The highest BCUT2D eigenvalue weighted by Gasteiger charge is 2.11. The molecule has 3 heteroatoms. The van der Waals surface area contributed by atoms with Gasteiger partial charge >= 0.3 is 0 Å². The van der Waals surface area contributed by atoms with Crippen LogP contribution in [-0.4, -0.2) is 0 Å². The molecule has 0 fully saturated rings. The maximum atomic E-state index is 8.99. The van der Waals surface area contributed by atoms with Gasteiger partial charge in [0, 0.05) is 4.47 Å². The number of nitriles is 1. The Labute approximate surface area is 95.1 Å². The number of fused-ring (bicyclic) bond motifs is 1. The van der Waals surface area contributed by atoms with E-state index in [4.69, 9.17) is 5.26 Å². The van der Waals surface area contributed by atoms with Gasteiger partial charge in [0.1, 0.15) is 10.9 Å². The summed E-state index contributed by atoms with van der Waals surface area (Å²) in [5, 5.41) is 10.2. The van der Waals surface area contributed by atoms with E-state index in [1.54, 1.807) is 11.3 Å². The van der Waals surface area contributed by atoms with Gasteiger partial charge in [-0.3, -0.25) is 0 Å². The van der Waals surface area contributed by atoms with Crippen LogP contribution in [0.3, 0.4) is 0 Å². The number of halogens is 1. The first-order valence-corrected chi connectivity index (χ1v) is 5.99. The maximum absolute atomic E-state index is 8.99. The lowest BCUT2D eigenvalue weighted by atomic mass is 10.1. The van der Waals surface area contributed by atoms with E-state index in [-0.39, 0.29) is 0 Å². The topological polar surface area (TPSA) is 23.8 Å². The third-order valence-electron chi connectivity index (χ3n) is 2.23. The molecule has 2 rings (SSSR count). The van der Waals surface area contributed by atoms with Crippen LogP contribution in [-0.2, 0) is 6.42 Å². The van der Waals surface area contributed by atoms with Crippen LogP contribution < -0.4 is 0 Å². The van der Waals surface area contributed by atoms with Crippen molar-refractivity contribution >= 4 is 37.4 Å². The van der Waals surface area contributed by atoms with Gasteiger partial charge in [0.2, 0.25) is 0 Å². The Bertz CT molecular complexity index is 522. The van der Waals surface area contributed by atoms with Gasteiger partial charge in [0.15, 0.2) is 0 Å². The molecule has 0 aliphatic carbocycles. The summed E-state index contributed by atoms with van der Waals surface area (Å²) in [6, 6.07) is 8.37. The molecule has 1 aromatic carbocycles. The minimum absolute atomic E-state index is 0.842. The Morgan fingerprint density at radius 3 is 2.93 bits per heavy atom. The van der Waals surface area contributed by atoms with Crippen molar-refractivity contribution in [1.29, 1.82) is 5.26 Å². The molecule has 0 aliphatic heterocycles. The minimum Gasteiger partial charge on any atom is -0.192 e. The first-order chi connectivity index (χ1) is 6.77. The predicted octanol–water partition coefficient (Wildman–Crippen LogP) is 4.10. The summed E-state index contributed by atoms with van der Waals surface area (Å²) >= 11 is 5.07. The fourth-order valence-electron chi connectivity index (χ4n) is 1.58. The first-order valence-electron chi connectivity index (χ1n) is 4.38. The normalized spacial score (nSPS) is 10.4. The quantitative estimate of drug-likeness (QED) is 0.762. The van der Waals surface area contributed by atoms with E-state index in [0.717, 1.165) is 15.8 Å². The molecule has 0 bridgehead atoms. The lowest BCUT2D eigenvalue weighted by Crippen LogP contribution is -1.79. The molecule has 0 atom stereocenters. The predicted molar refractivity (Wildman–Crippen MR) is 63.6 cm³/mol. The highest BCUT2D eigenvalue weighted by atomic mass is 79.9. The zero-order valence-corrected chi connectivity index (χ0v) is 10.1. The summed E-state index contributed by atoms with van der Waals surface area (Å²) in [6.45, 7) is 2.09. The molecular formula is C11H8BrNS. The highest BCUT2D eigenvalue weighted by molar-refractivity contribution is 9.10. The summed E-state index contributed by atoms with van der Waals surface area (Å²) in [7, 11) is 0. The fourth-order valence-corrected chi connectivity index (χ4v) is 3.28. The number of hydrogen-bond donors (Lipinski definition) is 0. The molecule has 70 valence electrons. The number of nitrogens with zero attached hydrogens (tertiary/aromatic N) is 1. The van der Waals surface area contributed by atoms with Crippen LogP contribution in [0.5, 0.6) is 0 Å². The van der Waals surface area contributed by atoms with Crippen molar-refractivity contribution in [3.63, 3.8) is 0 Å². The van der Waals surface area contributed by atoms with Crippen LogP contribution in [0.4, 0.5) is 0 Å². The Morgan fingerprint density at radius 1 is 1.50 bits per heavy atom. The highest BCUT2D eigenvalue weighted by Crippen LogP contribution is 2.35. The number of benzene rings is 1. The third-order valence-corrected chi connectivity index (χ3v) is 4.33. The molecule has 1 heterocycles. The van der Waals surface area contributed by atoms with Gasteiger partial charge in [0.25, 0.3) is 0 Å². The van der Waals surface area contributed by atoms with E-state index in [9.17, 15) is 0 Å². The number of thiophene rings is 1. The van der Waals surface area contributed by atoms with Crippen LogP contribution in [0.25, 0.3) is 10.1 Å². The van der Waals surface area contributed by atoms with Gasteiger partial charge in [-0.15, -0.1) is 11.3 Å². The Balaban J connectivity index is 2.88. The van der Waals surface area contributed by atoms with Gasteiger partial charge < -0.3 is 0 Å². The van der Waals surface area contributed by atoms with E-state index >= 15 is 0 Å². The minimum atomic E-state index is 0.842. The zero-order valence-electron chi connectivity index (χ0n) is 7.67. The van der Waals surface area contributed by atoms with E-state index in [2.05, 4.69) is 35.0 Å². The summed E-state index contributed by atoms with van der Waals surface area (Å²) in [6.07, 6.45) is 0.916. The smallest absolute Gasteiger partial charge is 0.110 e. The van der Waals surface area contributed by atoms with Gasteiger partial charge in [-0.05, 0) is 39.4 Å². The van der Waals surface area contributed by atoms with Crippen molar-refractivity contribution in [2.75, 3.05) is 0 Å². The van der Waals surface area contributed by atoms with Crippen LogP contribution in [0.1, 0.15) is 17.4 Å². The van der Waals surface area contributed by atoms with Gasteiger partial charge in [-0.2, -0.15) is 5.26 Å². The van der Waals surface area contributed by atoms with Crippen LogP contribution >= 0.6 is 27.3 Å². The van der Waals surface area contributed by atoms with Crippen LogP contribution in [0, 0.1) is 11.3 Å². The maximum Gasteiger partial charge on any atom is 0.110 e.